The smallest absolute Gasteiger partial charge is 0.323 e. The molecule has 5 rings (SSSR count). The Balaban J connectivity index is 1.21. The molecule has 0 saturated carbocycles. The number of nitrogens with zero attached hydrogens (tertiary/aromatic N) is 6. The average molecular weight is 449 g/mol. The van der Waals surface area contributed by atoms with Gasteiger partial charge in [-0.05, 0) is 56.8 Å². The van der Waals surface area contributed by atoms with Crippen LogP contribution in [0.15, 0.2) is 36.7 Å². The van der Waals surface area contributed by atoms with Gasteiger partial charge < -0.3 is 14.7 Å². The lowest BCUT2D eigenvalue weighted by atomic mass is 9.74. The van der Waals surface area contributed by atoms with Crippen molar-refractivity contribution in [3.63, 3.8) is 0 Å². The van der Waals surface area contributed by atoms with Crippen molar-refractivity contribution in [2.45, 2.75) is 50.5 Å². The molecule has 0 unspecified atom stereocenters. The first-order valence-corrected chi connectivity index (χ1v) is 12.4. The molecule has 0 N–H and O–H groups in total. The number of anilines is 2. The van der Waals surface area contributed by atoms with Gasteiger partial charge in [-0.3, -0.25) is 9.88 Å². The van der Waals surface area contributed by atoms with E-state index < -0.39 is 0 Å². The van der Waals surface area contributed by atoms with Crippen LogP contribution in [0.1, 0.15) is 43.9 Å². The van der Waals surface area contributed by atoms with Gasteiger partial charge in [0, 0.05) is 50.9 Å². The van der Waals surface area contributed by atoms with E-state index in [4.69, 9.17) is 0 Å². The molecule has 2 aromatic rings. The lowest BCUT2D eigenvalue weighted by molar-refractivity contribution is 0.104. The van der Waals surface area contributed by atoms with E-state index in [9.17, 15) is 4.79 Å². The second-order valence-electron chi connectivity index (χ2n) is 10.0. The molecule has 4 heterocycles. The van der Waals surface area contributed by atoms with Gasteiger partial charge in [-0.1, -0.05) is 25.1 Å². The third-order valence-electron chi connectivity index (χ3n) is 7.95. The number of piperidine rings is 2. The van der Waals surface area contributed by atoms with Gasteiger partial charge in [0.05, 0.1) is 18.1 Å². The Morgan fingerprint density at radius 3 is 2.42 bits per heavy atom. The highest BCUT2D eigenvalue weighted by Gasteiger charge is 2.47. The predicted octanol–water partition coefficient (Wildman–Crippen LogP) is 3.54. The van der Waals surface area contributed by atoms with E-state index in [1.807, 2.05) is 31.4 Å². The van der Waals surface area contributed by atoms with Gasteiger partial charge in [0.1, 0.15) is 5.82 Å². The normalized spacial score (nSPS) is 20.8. The number of hydrogen-bond donors (Lipinski definition) is 0. The van der Waals surface area contributed by atoms with Gasteiger partial charge in [-0.25, -0.2) is 9.78 Å². The molecule has 0 radical (unpaired) electrons. The maximum atomic E-state index is 12.9. The number of para-hydroxylation sites is 1. The number of carbonyl (C=O) groups excluding carboxylic acids is 1. The Kier molecular flexibility index (Phi) is 5.99. The van der Waals surface area contributed by atoms with Gasteiger partial charge in [0.25, 0.3) is 0 Å². The minimum Gasteiger partial charge on any atom is -0.355 e. The van der Waals surface area contributed by atoms with Crippen LogP contribution in [-0.4, -0.2) is 78.7 Å². The maximum Gasteiger partial charge on any atom is 0.323 e. The Morgan fingerprint density at radius 1 is 1.06 bits per heavy atom. The predicted molar refractivity (Wildman–Crippen MR) is 132 cm³/mol. The summed E-state index contributed by atoms with van der Waals surface area (Å²) in [6.07, 6.45) is 9.35. The molecule has 7 heteroatoms. The summed E-state index contributed by atoms with van der Waals surface area (Å²) in [7, 11) is 3.68. The fourth-order valence-electron chi connectivity index (χ4n) is 5.94. The van der Waals surface area contributed by atoms with E-state index in [1.165, 1.54) is 18.4 Å². The summed E-state index contributed by atoms with van der Waals surface area (Å²) in [5.41, 5.74) is 3.61. The highest BCUT2D eigenvalue weighted by Crippen LogP contribution is 2.47. The Hall–Kier alpha value is -2.67. The van der Waals surface area contributed by atoms with Gasteiger partial charge in [-0.15, -0.1) is 0 Å². The van der Waals surface area contributed by atoms with Crippen LogP contribution in [0.5, 0.6) is 0 Å². The number of carbonyl (C=O) groups is 1. The third-order valence-corrected chi connectivity index (χ3v) is 7.95. The Morgan fingerprint density at radius 2 is 1.79 bits per heavy atom. The van der Waals surface area contributed by atoms with E-state index in [1.54, 1.807) is 4.90 Å². The molecule has 176 valence electrons. The number of aromatic nitrogens is 2. The molecule has 33 heavy (non-hydrogen) atoms. The first-order chi connectivity index (χ1) is 16.0. The largest absolute Gasteiger partial charge is 0.355 e. The average Bonchev–Trinajstić information content (AvgIpc) is 3.18. The van der Waals surface area contributed by atoms with Crippen molar-refractivity contribution in [1.29, 1.82) is 0 Å². The van der Waals surface area contributed by atoms with Crippen LogP contribution < -0.4 is 9.80 Å². The first kappa shape index (κ1) is 22.1. The summed E-state index contributed by atoms with van der Waals surface area (Å²) in [6.45, 7) is 7.21. The van der Waals surface area contributed by atoms with Crippen LogP contribution in [0.4, 0.5) is 16.3 Å². The quantitative estimate of drug-likeness (QED) is 0.719. The first-order valence-electron chi connectivity index (χ1n) is 12.4. The molecular formula is C26H36N6O. The Bertz CT molecular complexity index is 975. The second-order valence-corrected chi connectivity index (χ2v) is 10.0. The minimum atomic E-state index is 0.0872. The standard InChI is InChI=1S/C26H36N6O/c1-4-20-17-28-24(18-27-20)31-13-9-21(10-14-31)30-15-11-26(12-16-30)19-32(25(33)29(2)3)23-8-6-5-7-22(23)26/h5-8,17-18,21H,4,9-16,19H2,1-3H3. The lowest BCUT2D eigenvalue weighted by Crippen LogP contribution is -2.52. The van der Waals surface area contributed by atoms with Gasteiger partial charge >= 0.3 is 6.03 Å². The highest BCUT2D eigenvalue weighted by molar-refractivity contribution is 5.95. The molecule has 1 aromatic heterocycles. The number of hydrogen-bond acceptors (Lipinski definition) is 5. The fourth-order valence-corrected chi connectivity index (χ4v) is 5.94. The zero-order chi connectivity index (χ0) is 23.0. The van der Waals surface area contributed by atoms with Crippen LogP contribution in [0.25, 0.3) is 0 Å². The van der Waals surface area contributed by atoms with Gasteiger partial charge in [0.15, 0.2) is 0 Å². The number of benzene rings is 1. The van der Waals surface area contributed by atoms with E-state index in [-0.39, 0.29) is 11.4 Å². The molecule has 7 nitrogen and oxygen atoms in total. The van der Waals surface area contributed by atoms with Crippen LogP contribution in [0, 0.1) is 0 Å². The van der Waals surface area contributed by atoms with Crippen LogP contribution in [0.3, 0.4) is 0 Å². The zero-order valence-corrected chi connectivity index (χ0v) is 20.2. The molecule has 1 aromatic carbocycles. The van der Waals surface area contributed by atoms with Crippen molar-refractivity contribution in [1.82, 2.24) is 19.8 Å². The van der Waals surface area contributed by atoms with Gasteiger partial charge in [-0.2, -0.15) is 0 Å². The van der Waals surface area contributed by atoms with Crippen molar-refractivity contribution in [3.05, 3.63) is 47.9 Å². The zero-order valence-electron chi connectivity index (χ0n) is 20.2. The molecule has 2 amide bonds. The van der Waals surface area contributed by atoms with Crippen molar-refractivity contribution >= 4 is 17.5 Å². The molecule has 3 aliphatic heterocycles. The molecule has 2 fully saturated rings. The van der Waals surface area contributed by atoms with Crippen LogP contribution in [0.2, 0.25) is 0 Å². The SMILES string of the molecule is CCc1cnc(N2CCC(N3CCC4(CC3)CN(C(=O)N(C)C)c3ccccc34)CC2)cn1. The lowest BCUT2D eigenvalue weighted by Gasteiger charge is -2.45. The monoisotopic (exact) mass is 448 g/mol. The minimum absolute atomic E-state index is 0.0872. The summed E-state index contributed by atoms with van der Waals surface area (Å²) < 4.78 is 0. The third kappa shape index (κ3) is 4.07. The number of amides is 2. The topological polar surface area (TPSA) is 55.8 Å². The Labute approximate surface area is 197 Å². The molecule has 0 aliphatic carbocycles. The number of urea groups is 1. The van der Waals surface area contributed by atoms with Crippen molar-refractivity contribution in [2.75, 3.05) is 56.6 Å². The summed E-state index contributed by atoms with van der Waals surface area (Å²) >= 11 is 0. The molecule has 3 aliphatic rings. The van der Waals surface area contributed by atoms with Crippen molar-refractivity contribution < 1.29 is 4.79 Å². The number of aryl methyl sites for hydroxylation is 1. The summed E-state index contributed by atoms with van der Waals surface area (Å²) in [4.78, 5) is 30.8. The van der Waals surface area contributed by atoms with Crippen molar-refractivity contribution in [2.24, 2.45) is 0 Å². The number of likely N-dealkylation sites (tertiary alicyclic amines) is 1. The highest BCUT2D eigenvalue weighted by atomic mass is 16.2. The van der Waals surface area contributed by atoms with E-state index in [0.29, 0.717) is 6.04 Å². The number of rotatable bonds is 3. The van der Waals surface area contributed by atoms with Crippen LogP contribution >= 0.6 is 0 Å². The second kappa shape index (κ2) is 8.93. The molecular weight excluding hydrogens is 412 g/mol. The van der Waals surface area contributed by atoms with Crippen LogP contribution in [-0.2, 0) is 11.8 Å². The molecule has 1 spiro atoms. The maximum absolute atomic E-state index is 12.9. The van der Waals surface area contributed by atoms with Gasteiger partial charge in [0.2, 0.25) is 0 Å². The molecule has 0 atom stereocenters. The fraction of sp³-hybridized carbons (Fsp3) is 0.577. The molecule has 0 bridgehead atoms. The summed E-state index contributed by atoms with van der Waals surface area (Å²) in [5.74, 6) is 1.01. The van der Waals surface area contributed by atoms with Crippen molar-refractivity contribution in [3.8, 4) is 0 Å². The van der Waals surface area contributed by atoms with E-state index in [0.717, 1.165) is 69.2 Å². The summed E-state index contributed by atoms with van der Waals surface area (Å²) in [5, 5.41) is 0. The van der Waals surface area contributed by atoms with E-state index >= 15 is 0 Å². The number of fused-ring (bicyclic) bond motifs is 2. The molecule has 2 saturated heterocycles. The summed E-state index contributed by atoms with van der Waals surface area (Å²) in [6, 6.07) is 9.27. The van der Waals surface area contributed by atoms with E-state index in [2.05, 4.69) is 51.0 Å².